The quantitative estimate of drug-likeness (QED) is 0.631. The molecule has 10 heteroatoms. The standard InChI is InChI=1S/C19H18N6O4/c1-12-6-5-8-15(13(12)2)21-19(28)22-17(26)10-29-18(27)14-7-3-4-9-16(14)25-11-20-23-24-25/h3-9,11H,10H2,1-2H3,(H2,21,22,26,28). The number of nitrogens with one attached hydrogen (secondary N) is 2. The van der Waals surface area contributed by atoms with Crippen LogP contribution in [0.2, 0.25) is 0 Å². The Bertz CT molecular complexity index is 1050. The summed E-state index contributed by atoms with van der Waals surface area (Å²) in [5.41, 5.74) is 3.05. The summed E-state index contributed by atoms with van der Waals surface area (Å²) in [7, 11) is 0. The lowest BCUT2D eigenvalue weighted by Gasteiger charge is -2.11. The highest BCUT2D eigenvalue weighted by atomic mass is 16.5. The van der Waals surface area contributed by atoms with Crippen LogP contribution in [0, 0.1) is 13.8 Å². The summed E-state index contributed by atoms with van der Waals surface area (Å²) >= 11 is 0. The molecule has 0 aliphatic rings. The Morgan fingerprint density at radius 3 is 2.62 bits per heavy atom. The number of carbonyl (C=O) groups excluding carboxylic acids is 3. The van der Waals surface area contributed by atoms with Crippen molar-refractivity contribution in [1.82, 2.24) is 25.5 Å². The molecule has 10 nitrogen and oxygen atoms in total. The molecule has 3 amide bonds. The molecule has 2 N–H and O–H groups in total. The summed E-state index contributed by atoms with van der Waals surface area (Å²) in [5.74, 6) is -1.51. The number of ether oxygens (including phenoxy) is 1. The van der Waals surface area contributed by atoms with Crippen molar-refractivity contribution in [2.45, 2.75) is 13.8 Å². The second-order valence-electron chi connectivity index (χ2n) is 6.10. The maximum Gasteiger partial charge on any atom is 0.340 e. The van der Waals surface area contributed by atoms with E-state index in [0.717, 1.165) is 11.1 Å². The van der Waals surface area contributed by atoms with Crippen molar-refractivity contribution < 1.29 is 19.1 Å². The van der Waals surface area contributed by atoms with Gasteiger partial charge in [-0.3, -0.25) is 10.1 Å². The van der Waals surface area contributed by atoms with Crippen LogP contribution < -0.4 is 10.6 Å². The summed E-state index contributed by atoms with van der Waals surface area (Å²) in [6, 6.07) is 11.2. The molecule has 1 aromatic heterocycles. The van der Waals surface area contributed by atoms with Crippen LogP contribution in [0.5, 0.6) is 0 Å². The fourth-order valence-electron chi connectivity index (χ4n) is 2.53. The minimum atomic E-state index is -0.763. The molecule has 3 rings (SSSR count). The average Bonchev–Trinajstić information content (AvgIpc) is 3.24. The Hall–Kier alpha value is -4.08. The minimum Gasteiger partial charge on any atom is -0.452 e. The number of aryl methyl sites for hydroxylation is 1. The van der Waals surface area contributed by atoms with E-state index in [1.54, 1.807) is 30.3 Å². The van der Waals surface area contributed by atoms with Gasteiger partial charge in [0.05, 0.1) is 11.3 Å². The van der Waals surface area contributed by atoms with Gasteiger partial charge in [-0.15, -0.1) is 5.10 Å². The van der Waals surface area contributed by atoms with Gasteiger partial charge in [0.25, 0.3) is 5.91 Å². The van der Waals surface area contributed by atoms with Gasteiger partial charge in [0, 0.05) is 5.69 Å². The van der Waals surface area contributed by atoms with Crippen LogP contribution in [0.4, 0.5) is 10.5 Å². The van der Waals surface area contributed by atoms with E-state index in [4.69, 9.17) is 4.74 Å². The molecule has 0 aliphatic carbocycles. The van der Waals surface area contributed by atoms with E-state index in [1.807, 2.05) is 19.9 Å². The third-order valence-corrected chi connectivity index (χ3v) is 4.16. The molecule has 2 aromatic carbocycles. The van der Waals surface area contributed by atoms with E-state index >= 15 is 0 Å². The van der Waals surface area contributed by atoms with Crippen LogP contribution >= 0.6 is 0 Å². The molecule has 0 atom stereocenters. The number of esters is 1. The molecule has 1 heterocycles. The number of imide groups is 1. The molecule has 0 fully saturated rings. The largest absolute Gasteiger partial charge is 0.452 e. The van der Waals surface area contributed by atoms with Crippen LogP contribution in [0.15, 0.2) is 48.8 Å². The molecule has 0 saturated carbocycles. The number of hydrogen-bond acceptors (Lipinski definition) is 7. The summed E-state index contributed by atoms with van der Waals surface area (Å²) in [6.45, 7) is 3.15. The smallest absolute Gasteiger partial charge is 0.340 e. The van der Waals surface area contributed by atoms with Crippen LogP contribution in [0.3, 0.4) is 0 Å². The zero-order chi connectivity index (χ0) is 20.8. The molecule has 0 spiro atoms. The van der Waals surface area contributed by atoms with Crippen molar-refractivity contribution in [3.8, 4) is 5.69 Å². The normalized spacial score (nSPS) is 10.3. The van der Waals surface area contributed by atoms with Gasteiger partial charge in [-0.25, -0.2) is 9.59 Å². The van der Waals surface area contributed by atoms with Crippen LogP contribution in [-0.4, -0.2) is 44.7 Å². The summed E-state index contributed by atoms with van der Waals surface area (Å²) < 4.78 is 6.31. The topological polar surface area (TPSA) is 128 Å². The molecular weight excluding hydrogens is 376 g/mol. The molecular formula is C19H18N6O4. The van der Waals surface area contributed by atoms with Gasteiger partial charge in [0.1, 0.15) is 6.33 Å². The number of tetrazole rings is 1. The Balaban J connectivity index is 1.56. The number of benzene rings is 2. The van der Waals surface area contributed by atoms with E-state index in [2.05, 4.69) is 26.2 Å². The third-order valence-electron chi connectivity index (χ3n) is 4.16. The lowest BCUT2D eigenvalue weighted by molar-refractivity contribution is -0.123. The predicted molar refractivity (Wildman–Crippen MR) is 103 cm³/mol. The van der Waals surface area contributed by atoms with Gasteiger partial charge in [-0.05, 0) is 53.6 Å². The minimum absolute atomic E-state index is 0.174. The molecule has 3 aromatic rings. The monoisotopic (exact) mass is 394 g/mol. The zero-order valence-corrected chi connectivity index (χ0v) is 15.7. The molecule has 29 heavy (non-hydrogen) atoms. The molecule has 0 aliphatic heterocycles. The van der Waals surface area contributed by atoms with E-state index < -0.39 is 24.5 Å². The maximum atomic E-state index is 12.3. The molecule has 0 bridgehead atoms. The fraction of sp³-hybridized carbons (Fsp3) is 0.158. The number of amides is 3. The van der Waals surface area contributed by atoms with Crippen molar-refractivity contribution in [3.63, 3.8) is 0 Å². The van der Waals surface area contributed by atoms with E-state index in [1.165, 1.54) is 17.1 Å². The first kappa shape index (κ1) is 19.7. The third kappa shape index (κ3) is 4.80. The lowest BCUT2D eigenvalue weighted by Crippen LogP contribution is -2.37. The van der Waals surface area contributed by atoms with Gasteiger partial charge in [-0.2, -0.15) is 4.68 Å². The van der Waals surface area contributed by atoms with Crippen molar-refractivity contribution >= 4 is 23.6 Å². The number of carbonyl (C=O) groups is 3. The Labute approximate surface area is 165 Å². The number of urea groups is 1. The lowest BCUT2D eigenvalue weighted by atomic mass is 10.1. The summed E-state index contributed by atoms with van der Waals surface area (Å²) in [6.07, 6.45) is 1.33. The van der Waals surface area contributed by atoms with E-state index in [-0.39, 0.29) is 5.56 Å². The number of rotatable bonds is 5. The van der Waals surface area contributed by atoms with Gasteiger partial charge in [0.2, 0.25) is 0 Å². The van der Waals surface area contributed by atoms with Crippen LogP contribution in [0.25, 0.3) is 5.69 Å². The Morgan fingerprint density at radius 1 is 1.07 bits per heavy atom. The molecule has 0 radical (unpaired) electrons. The number of hydrogen-bond donors (Lipinski definition) is 2. The van der Waals surface area contributed by atoms with Gasteiger partial charge in [-0.1, -0.05) is 24.3 Å². The first-order chi connectivity index (χ1) is 14.0. The van der Waals surface area contributed by atoms with Gasteiger partial charge < -0.3 is 10.1 Å². The highest BCUT2D eigenvalue weighted by molar-refractivity contribution is 6.03. The highest BCUT2D eigenvalue weighted by Gasteiger charge is 2.17. The average molecular weight is 394 g/mol. The van der Waals surface area contributed by atoms with Crippen molar-refractivity contribution in [3.05, 3.63) is 65.5 Å². The van der Waals surface area contributed by atoms with Crippen LogP contribution in [-0.2, 0) is 9.53 Å². The molecule has 0 unspecified atom stereocenters. The number of aromatic nitrogens is 4. The van der Waals surface area contributed by atoms with Crippen molar-refractivity contribution in [1.29, 1.82) is 0 Å². The van der Waals surface area contributed by atoms with Crippen molar-refractivity contribution in [2.75, 3.05) is 11.9 Å². The highest BCUT2D eigenvalue weighted by Crippen LogP contribution is 2.17. The van der Waals surface area contributed by atoms with E-state index in [9.17, 15) is 14.4 Å². The van der Waals surface area contributed by atoms with Crippen LogP contribution in [0.1, 0.15) is 21.5 Å². The molecule has 0 saturated heterocycles. The fourth-order valence-corrected chi connectivity index (χ4v) is 2.53. The first-order valence-corrected chi connectivity index (χ1v) is 8.62. The van der Waals surface area contributed by atoms with E-state index in [0.29, 0.717) is 11.4 Å². The second kappa shape index (κ2) is 8.74. The van der Waals surface area contributed by atoms with Crippen molar-refractivity contribution in [2.24, 2.45) is 0 Å². The Morgan fingerprint density at radius 2 is 1.86 bits per heavy atom. The Kier molecular flexibility index (Phi) is 5.93. The number of anilines is 1. The number of para-hydroxylation sites is 1. The SMILES string of the molecule is Cc1cccc(NC(=O)NC(=O)COC(=O)c2ccccc2-n2cnnn2)c1C. The van der Waals surface area contributed by atoms with Gasteiger partial charge >= 0.3 is 12.0 Å². The second-order valence-corrected chi connectivity index (χ2v) is 6.10. The zero-order valence-electron chi connectivity index (χ0n) is 15.7. The number of nitrogens with zero attached hydrogens (tertiary/aromatic N) is 4. The maximum absolute atomic E-state index is 12.3. The summed E-state index contributed by atoms with van der Waals surface area (Å²) in [4.78, 5) is 36.3. The van der Waals surface area contributed by atoms with Gasteiger partial charge in [0.15, 0.2) is 6.61 Å². The summed E-state index contributed by atoms with van der Waals surface area (Å²) in [5, 5.41) is 15.5. The predicted octanol–water partition coefficient (Wildman–Crippen LogP) is 1.78. The first-order valence-electron chi connectivity index (χ1n) is 8.62. The molecule has 148 valence electrons.